The van der Waals surface area contributed by atoms with Gasteiger partial charge in [-0.15, -0.1) is 0 Å². The molecule has 1 aliphatic heterocycles. The van der Waals surface area contributed by atoms with E-state index in [1.807, 2.05) is 12.1 Å². The van der Waals surface area contributed by atoms with E-state index < -0.39 is 0 Å². The number of anilines is 2. The zero-order valence-corrected chi connectivity index (χ0v) is 13.9. The summed E-state index contributed by atoms with van der Waals surface area (Å²) in [6, 6.07) is 3.59. The molecule has 2 amide bonds. The SMILES string of the molecule is CN(CCc1cnccn1)C(=O)Nc1cccnc1N1CCCC1. The van der Waals surface area contributed by atoms with Crippen molar-refractivity contribution in [3.63, 3.8) is 0 Å². The molecule has 1 fully saturated rings. The van der Waals surface area contributed by atoms with Crippen molar-refractivity contribution >= 4 is 17.5 Å². The summed E-state index contributed by atoms with van der Waals surface area (Å²) in [7, 11) is 1.78. The van der Waals surface area contributed by atoms with Crippen LogP contribution in [0.15, 0.2) is 36.9 Å². The lowest BCUT2D eigenvalue weighted by Gasteiger charge is -2.22. The minimum absolute atomic E-state index is 0.146. The number of amides is 2. The molecule has 2 aromatic heterocycles. The van der Waals surface area contributed by atoms with Gasteiger partial charge in [-0.1, -0.05) is 0 Å². The zero-order valence-electron chi connectivity index (χ0n) is 13.9. The van der Waals surface area contributed by atoms with Gasteiger partial charge in [-0.05, 0) is 25.0 Å². The monoisotopic (exact) mass is 326 g/mol. The average Bonchev–Trinajstić information content (AvgIpc) is 3.15. The molecule has 7 heteroatoms. The number of likely N-dealkylation sites (N-methyl/N-ethyl adjacent to an activating group) is 1. The molecule has 1 saturated heterocycles. The lowest BCUT2D eigenvalue weighted by atomic mass is 10.3. The van der Waals surface area contributed by atoms with Gasteiger partial charge in [-0.25, -0.2) is 9.78 Å². The van der Waals surface area contributed by atoms with E-state index in [0.717, 1.165) is 30.3 Å². The topological polar surface area (TPSA) is 74.2 Å². The van der Waals surface area contributed by atoms with Crippen LogP contribution >= 0.6 is 0 Å². The Hall–Kier alpha value is -2.70. The highest BCUT2D eigenvalue weighted by Crippen LogP contribution is 2.26. The van der Waals surface area contributed by atoms with Crippen LogP contribution in [0.4, 0.5) is 16.3 Å². The summed E-state index contributed by atoms with van der Waals surface area (Å²) < 4.78 is 0. The number of carbonyl (C=O) groups excluding carboxylic acids is 1. The zero-order chi connectivity index (χ0) is 16.8. The predicted molar refractivity (Wildman–Crippen MR) is 93.1 cm³/mol. The van der Waals surface area contributed by atoms with E-state index in [0.29, 0.717) is 13.0 Å². The Labute approximate surface area is 141 Å². The standard InChI is InChI=1S/C17H22N6O/c1-22(12-6-14-13-18-8-9-19-14)17(24)21-15-5-4-7-20-16(15)23-10-2-3-11-23/h4-5,7-9,13H,2-3,6,10-12H2,1H3,(H,21,24). The number of rotatable bonds is 5. The van der Waals surface area contributed by atoms with Gasteiger partial charge in [0.05, 0.1) is 11.4 Å². The van der Waals surface area contributed by atoms with E-state index in [1.165, 1.54) is 12.8 Å². The molecule has 1 aliphatic rings. The summed E-state index contributed by atoms with van der Waals surface area (Å²) >= 11 is 0. The van der Waals surface area contributed by atoms with Crippen LogP contribution in [0.5, 0.6) is 0 Å². The van der Waals surface area contributed by atoms with Crippen molar-refractivity contribution in [3.05, 3.63) is 42.6 Å². The quantitative estimate of drug-likeness (QED) is 0.911. The predicted octanol–water partition coefficient (Wildman–Crippen LogP) is 2.18. The molecule has 0 spiro atoms. The van der Waals surface area contributed by atoms with Crippen molar-refractivity contribution in [3.8, 4) is 0 Å². The van der Waals surface area contributed by atoms with Gasteiger partial charge in [0, 0.05) is 57.9 Å². The first-order chi connectivity index (χ1) is 11.7. The van der Waals surface area contributed by atoms with Crippen LogP contribution in [0, 0.1) is 0 Å². The molecule has 0 saturated carbocycles. The number of aromatic nitrogens is 3. The Balaban J connectivity index is 1.60. The van der Waals surface area contributed by atoms with Gasteiger partial charge in [0.2, 0.25) is 0 Å². The number of nitrogens with one attached hydrogen (secondary N) is 1. The van der Waals surface area contributed by atoms with Crippen molar-refractivity contribution in [2.45, 2.75) is 19.3 Å². The lowest BCUT2D eigenvalue weighted by Crippen LogP contribution is -2.34. The van der Waals surface area contributed by atoms with E-state index >= 15 is 0 Å². The average molecular weight is 326 g/mol. The molecule has 7 nitrogen and oxygen atoms in total. The van der Waals surface area contributed by atoms with Crippen LogP contribution in [-0.4, -0.2) is 52.6 Å². The molecule has 2 aromatic rings. The minimum atomic E-state index is -0.146. The molecule has 0 unspecified atom stereocenters. The fourth-order valence-electron chi connectivity index (χ4n) is 2.73. The van der Waals surface area contributed by atoms with Gasteiger partial charge in [-0.3, -0.25) is 9.97 Å². The van der Waals surface area contributed by atoms with Crippen LogP contribution in [-0.2, 0) is 6.42 Å². The fraction of sp³-hybridized carbons (Fsp3) is 0.412. The molecule has 126 valence electrons. The molecule has 0 atom stereocenters. The fourth-order valence-corrected chi connectivity index (χ4v) is 2.73. The Morgan fingerprint density at radius 2 is 2.08 bits per heavy atom. The molecule has 24 heavy (non-hydrogen) atoms. The van der Waals surface area contributed by atoms with Crippen LogP contribution in [0.2, 0.25) is 0 Å². The van der Waals surface area contributed by atoms with Gasteiger partial charge in [0.15, 0.2) is 5.82 Å². The summed E-state index contributed by atoms with van der Waals surface area (Å²) in [5, 5.41) is 2.97. The normalized spacial score (nSPS) is 13.8. The first kappa shape index (κ1) is 16.2. The lowest BCUT2D eigenvalue weighted by molar-refractivity contribution is 0.223. The van der Waals surface area contributed by atoms with Crippen molar-refractivity contribution in [1.29, 1.82) is 0 Å². The number of urea groups is 1. The summed E-state index contributed by atoms with van der Waals surface area (Å²) in [4.78, 5) is 29.0. The molecule has 0 aromatic carbocycles. The number of hydrogen-bond acceptors (Lipinski definition) is 5. The van der Waals surface area contributed by atoms with Gasteiger partial charge >= 0.3 is 6.03 Å². The van der Waals surface area contributed by atoms with E-state index in [9.17, 15) is 4.79 Å². The van der Waals surface area contributed by atoms with Crippen molar-refractivity contribution in [1.82, 2.24) is 19.9 Å². The van der Waals surface area contributed by atoms with Gasteiger partial charge in [-0.2, -0.15) is 0 Å². The first-order valence-electron chi connectivity index (χ1n) is 8.21. The van der Waals surface area contributed by atoms with Crippen LogP contribution < -0.4 is 10.2 Å². The Bertz CT molecular complexity index is 672. The molecule has 3 rings (SSSR count). The largest absolute Gasteiger partial charge is 0.355 e. The number of carbonyl (C=O) groups is 1. The summed E-state index contributed by atoms with van der Waals surface area (Å²) in [5.74, 6) is 0.852. The summed E-state index contributed by atoms with van der Waals surface area (Å²) in [5.41, 5.74) is 1.63. The second kappa shape index (κ2) is 7.72. The van der Waals surface area contributed by atoms with E-state index in [2.05, 4.69) is 25.2 Å². The van der Waals surface area contributed by atoms with Crippen molar-refractivity contribution in [2.24, 2.45) is 0 Å². The van der Waals surface area contributed by atoms with Crippen LogP contribution in [0.25, 0.3) is 0 Å². The molecule has 0 aliphatic carbocycles. The third kappa shape index (κ3) is 3.98. The van der Waals surface area contributed by atoms with E-state index in [-0.39, 0.29) is 6.03 Å². The summed E-state index contributed by atoms with van der Waals surface area (Å²) in [6.07, 6.45) is 9.79. The van der Waals surface area contributed by atoms with Crippen LogP contribution in [0.1, 0.15) is 18.5 Å². The third-order valence-corrected chi connectivity index (χ3v) is 4.10. The highest BCUT2D eigenvalue weighted by Gasteiger charge is 2.19. The first-order valence-corrected chi connectivity index (χ1v) is 8.21. The van der Waals surface area contributed by atoms with E-state index in [4.69, 9.17) is 0 Å². The maximum atomic E-state index is 12.4. The second-order valence-corrected chi connectivity index (χ2v) is 5.87. The highest BCUT2D eigenvalue weighted by atomic mass is 16.2. The summed E-state index contributed by atoms with van der Waals surface area (Å²) in [6.45, 7) is 2.55. The van der Waals surface area contributed by atoms with Gasteiger partial charge in [0.1, 0.15) is 0 Å². The second-order valence-electron chi connectivity index (χ2n) is 5.87. The molecule has 3 heterocycles. The van der Waals surface area contributed by atoms with Gasteiger partial charge < -0.3 is 15.1 Å². The third-order valence-electron chi connectivity index (χ3n) is 4.10. The maximum Gasteiger partial charge on any atom is 0.321 e. The molecule has 0 radical (unpaired) electrons. The highest BCUT2D eigenvalue weighted by molar-refractivity contribution is 5.92. The Kier molecular flexibility index (Phi) is 5.20. The number of hydrogen-bond donors (Lipinski definition) is 1. The van der Waals surface area contributed by atoms with Crippen molar-refractivity contribution < 1.29 is 4.79 Å². The van der Waals surface area contributed by atoms with Crippen LogP contribution in [0.3, 0.4) is 0 Å². The molecule has 1 N–H and O–H groups in total. The van der Waals surface area contributed by atoms with Crippen molar-refractivity contribution in [2.75, 3.05) is 36.9 Å². The smallest absolute Gasteiger partial charge is 0.321 e. The molecular formula is C17H22N6O. The maximum absolute atomic E-state index is 12.4. The number of pyridine rings is 1. The number of nitrogens with zero attached hydrogens (tertiary/aromatic N) is 5. The van der Waals surface area contributed by atoms with Gasteiger partial charge in [0.25, 0.3) is 0 Å². The molecule has 0 bridgehead atoms. The minimum Gasteiger partial charge on any atom is -0.355 e. The Morgan fingerprint density at radius 1 is 1.25 bits per heavy atom. The van der Waals surface area contributed by atoms with E-state index in [1.54, 1.807) is 36.7 Å². The molecular weight excluding hydrogens is 304 g/mol. The Morgan fingerprint density at radius 3 is 2.83 bits per heavy atom.